The van der Waals surface area contributed by atoms with Crippen molar-refractivity contribution in [1.82, 2.24) is 9.78 Å². The number of nitrogen functional groups attached to an aromatic ring is 1. The lowest BCUT2D eigenvalue weighted by Crippen LogP contribution is -2.00. The normalized spacial score (nSPS) is 11.7. The molecule has 7 nitrogen and oxygen atoms in total. The van der Waals surface area contributed by atoms with Gasteiger partial charge in [-0.1, -0.05) is 0 Å². The maximum atomic E-state index is 10.9. The van der Waals surface area contributed by atoms with Gasteiger partial charge in [-0.2, -0.15) is 18.2 Å². The molecule has 0 atom stereocenters. The van der Waals surface area contributed by atoms with Crippen LogP contribution in [0.15, 0.2) is 29.2 Å². The molecule has 8 heteroatoms. The first-order valence-electron chi connectivity index (χ1n) is 4.92. The number of aromatic hydroxyl groups is 1. The van der Waals surface area contributed by atoms with Gasteiger partial charge in [-0.25, -0.2) is 0 Å². The minimum Gasteiger partial charge on any atom is -0.492 e. The van der Waals surface area contributed by atoms with Crippen LogP contribution in [0.25, 0.3) is 5.69 Å². The summed E-state index contributed by atoms with van der Waals surface area (Å²) in [4.78, 5) is -0.234. The van der Waals surface area contributed by atoms with E-state index in [9.17, 15) is 13.5 Å². The average Bonchev–Trinajstić information content (AvgIpc) is 2.56. The van der Waals surface area contributed by atoms with Crippen LogP contribution in [0.5, 0.6) is 5.88 Å². The van der Waals surface area contributed by atoms with Crippen molar-refractivity contribution in [1.29, 1.82) is 0 Å². The molecule has 0 spiro atoms. The van der Waals surface area contributed by atoms with Gasteiger partial charge in [0.05, 0.1) is 16.3 Å². The van der Waals surface area contributed by atoms with E-state index in [0.29, 0.717) is 11.4 Å². The maximum absolute atomic E-state index is 10.9. The second-order valence-corrected chi connectivity index (χ2v) is 5.13. The summed E-state index contributed by atoms with van der Waals surface area (Å²) in [5.41, 5.74) is 6.63. The fraction of sp³-hybridized carbons (Fsp3) is 0.100. The number of benzene rings is 1. The van der Waals surface area contributed by atoms with E-state index in [1.54, 1.807) is 6.92 Å². The molecule has 18 heavy (non-hydrogen) atoms. The molecule has 96 valence electrons. The number of aromatic nitrogens is 2. The standard InChI is InChI=1S/C10H11N3O4S/c1-6-9(11)10(14)13(12-6)7-2-4-8(5-3-7)18(15,16)17/h2-5,14H,11H2,1H3,(H,15,16,17). The minimum absolute atomic E-state index is 0.161. The van der Waals surface area contributed by atoms with E-state index in [-0.39, 0.29) is 16.5 Å². The van der Waals surface area contributed by atoms with Crippen molar-refractivity contribution < 1.29 is 18.1 Å². The second-order valence-electron chi connectivity index (χ2n) is 3.70. The van der Waals surface area contributed by atoms with Crippen LogP contribution in [0, 0.1) is 6.92 Å². The summed E-state index contributed by atoms with van der Waals surface area (Å²) in [5.74, 6) is -0.216. The Labute approximate surface area is 103 Å². The summed E-state index contributed by atoms with van der Waals surface area (Å²) in [7, 11) is -4.23. The van der Waals surface area contributed by atoms with Gasteiger partial charge in [0.2, 0.25) is 5.88 Å². The maximum Gasteiger partial charge on any atom is 0.294 e. The number of hydrogen-bond donors (Lipinski definition) is 3. The lowest BCUT2D eigenvalue weighted by Gasteiger charge is -2.03. The fourth-order valence-electron chi connectivity index (χ4n) is 1.47. The molecule has 2 rings (SSSR count). The Kier molecular flexibility index (Phi) is 2.76. The van der Waals surface area contributed by atoms with Gasteiger partial charge < -0.3 is 10.8 Å². The molecule has 1 heterocycles. The number of aryl methyl sites for hydroxylation is 1. The predicted molar refractivity (Wildman–Crippen MR) is 64.2 cm³/mol. The lowest BCUT2D eigenvalue weighted by molar-refractivity contribution is 0.436. The first-order valence-corrected chi connectivity index (χ1v) is 6.36. The molecular weight excluding hydrogens is 258 g/mol. The highest BCUT2D eigenvalue weighted by Crippen LogP contribution is 2.26. The van der Waals surface area contributed by atoms with E-state index in [1.807, 2.05) is 0 Å². The molecule has 1 aromatic heterocycles. The molecule has 0 aliphatic carbocycles. The summed E-state index contributed by atoms with van der Waals surface area (Å²) in [6.07, 6.45) is 0. The monoisotopic (exact) mass is 269 g/mol. The van der Waals surface area contributed by atoms with Crippen molar-refractivity contribution in [2.24, 2.45) is 0 Å². The van der Waals surface area contributed by atoms with E-state index < -0.39 is 10.1 Å². The van der Waals surface area contributed by atoms with Crippen LogP contribution in [0.2, 0.25) is 0 Å². The molecule has 0 aliphatic heterocycles. The van der Waals surface area contributed by atoms with Gasteiger partial charge in [-0.05, 0) is 31.2 Å². The third kappa shape index (κ3) is 2.03. The van der Waals surface area contributed by atoms with Crippen LogP contribution < -0.4 is 5.73 Å². The molecule has 0 aliphatic rings. The van der Waals surface area contributed by atoms with Crippen LogP contribution in [0.4, 0.5) is 5.69 Å². The minimum atomic E-state index is -4.23. The van der Waals surface area contributed by atoms with Crippen molar-refractivity contribution in [3.8, 4) is 11.6 Å². The zero-order chi connectivity index (χ0) is 13.5. The van der Waals surface area contributed by atoms with E-state index in [1.165, 1.54) is 28.9 Å². The molecule has 2 aromatic rings. The third-order valence-electron chi connectivity index (χ3n) is 2.46. The van der Waals surface area contributed by atoms with E-state index in [2.05, 4.69) is 5.10 Å². The van der Waals surface area contributed by atoms with Gasteiger partial charge >= 0.3 is 0 Å². The highest BCUT2D eigenvalue weighted by Gasteiger charge is 2.14. The van der Waals surface area contributed by atoms with Gasteiger partial charge in [-0.15, -0.1) is 0 Å². The van der Waals surface area contributed by atoms with E-state index in [0.717, 1.165) is 0 Å². The predicted octanol–water partition coefficient (Wildman–Crippen LogP) is 0.715. The van der Waals surface area contributed by atoms with Gasteiger partial charge in [0.15, 0.2) is 0 Å². The van der Waals surface area contributed by atoms with Gasteiger partial charge in [0, 0.05) is 0 Å². The van der Waals surface area contributed by atoms with Crippen molar-refractivity contribution in [3.05, 3.63) is 30.0 Å². The highest BCUT2D eigenvalue weighted by atomic mass is 32.2. The summed E-state index contributed by atoms with van der Waals surface area (Å²) in [5, 5.41) is 13.7. The van der Waals surface area contributed by atoms with Crippen molar-refractivity contribution in [3.63, 3.8) is 0 Å². The Balaban J connectivity index is 2.50. The first kappa shape index (κ1) is 12.4. The Morgan fingerprint density at radius 3 is 2.22 bits per heavy atom. The molecule has 0 amide bonds. The van der Waals surface area contributed by atoms with Crippen molar-refractivity contribution >= 4 is 15.8 Å². The molecule has 0 bridgehead atoms. The fourth-order valence-corrected chi connectivity index (χ4v) is 1.95. The number of hydrogen-bond acceptors (Lipinski definition) is 5. The molecule has 0 unspecified atom stereocenters. The van der Waals surface area contributed by atoms with Gasteiger partial charge in [0.25, 0.3) is 10.1 Å². The van der Waals surface area contributed by atoms with Crippen molar-refractivity contribution in [2.75, 3.05) is 5.73 Å². The molecule has 0 saturated carbocycles. The smallest absolute Gasteiger partial charge is 0.294 e. The van der Waals surface area contributed by atoms with Crippen LogP contribution in [-0.4, -0.2) is 27.9 Å². The first-order chi connectivity index (χ1) is 8.30. The highest BCUT2D eigenvalue weighted by molar-refractivity contribution is 7.85. The summed E-state index contributed by atoms with van der Waals surface area (Å²) in [6, 6.07) is 5.21. The Hall–Kier alpha value is -2.06. The van der Waals surface area contributed by atoms with Gasteiger partial charge in [0.1, 0.15) is 5.69 Å². The quantitative estimate of drug-likeness (QED) is 0.691. The van der Waals surface area contributed by atoms with E-state index in [4.69, 9.17) is 10.3 Å². The van der Waals surface area contributed by atoms with Crippen LogP contribution in [0.3, 0.4) is 0 Å². The molecule has 0 fully saturated rings. The summed E-state index contributed by atoms with van der Waals surface area (Å²) in [6.45, 7) is 1.64. The summed E-state index contributed by atoms with van der Waals surface area (Å²) >= 11 is 0. The summed E-state index contributed by atoms with van der Waals surface area (Å²) < 4.78 is 31.8. The molecule has 1 aromatic carbocycles. The van der Waals surface area contributed by atoms with Crippen LogP contribution in [0.1, 0.15) is 5.69 Å². The molecule has 4 N–H and O–H groups in total. The topological polar surface area (TPSA) is 118 Å². The average molecular weight is 269 g/mol. The number of nitrogens with two attached hydrogens (primary N) is 1. The number of anilines is 1. The molecule has 0 saturated heterocycles. The van der Waals surface area contributed by atoms with E-state index >= 15 is 0 Å². The van der Waals surface area contributed by atoms with Crippen molar-refractivity contribution in [2.45, 2.75) is 11.8 Å². The lowest BCUT2D eigenvalue weighted by atomic mass is 10.3. The van der Waals surface area contributed by atoms with Crippen LogP contribution >= 0.6 is 0 Å². The Morgan fingerprint density at radius 1 is 1.28 bits per heavy atom. The largest absolute Gasteiger partial charge is 0.492 e. The van der Waals surface area contributed by atoms with Crippen LogP contribution in [-0.2, 0) is 10.1 Å². The number of rotatable bonds is 2. The zero-order valence-electron chi connectivity index (χ0n) is 9.40. The zero-order valence-corrected chi connectivity index (χ0v) is 10.2. The van der Waals surface area contributed by atoms with Gasteiger partial charge in [-0.3, -0.25) is 4.55 Å². The third-order valence-corrected chi connectivity index (χ3v) is 3.33. The second kappa shape index (κ2) is 4.00. The Morgan fingerprint density at radius 2 is 1.83 bits per heavy atom. The SMILES string of the molecule is Cc1nn(-c2ccc(S(=O)(=O)O)cc2)c(O)c1N. The molecule has 0 radical (unpaired) electrons. The Bertz CT molecular complexity index is 689. The molecular formula is C10H11N3O4S. The number of nitrogens with zero attached hydrogens (tertiary/aromatic N) is 2.